The molecule has 0 saturated heterocycles. The van der Waals surface area contributed by atoms with Crippen LogP contribution >= 0.6 is 15.9 Å². The van der Waals surface area contributed by atoms with Crippen LogP contribution in [0.15, 0.2) is 59.1 Å². The van der Waals surface area contributed by atoms with E-state index in [1.54, 1.807) is 4.90 Å². The molecule has 1 atom stereocenters. The van der Waals surface area contributed by atoms with Gasteiger partial charge in [-0.25, -0.2) is 4.79 Å². The van der Waals surface area contributed by atoms with Crippen molar-refractivity contribution in [3.05, 3.63) is 70.2 Å². The summed E-state index contributed by atoms with van der Waals surface area (Å²) in [5.41, 5.74) is 1.43. The van der Waals surface area contributed by atoms with Gasteiger partial charge in [-0.05, 0) is 56.9 Å². The Hall–Kier alpha value is -1.85. The van der Waals surface area contributed by atoms with Gasteiger partial charge in [0.1, 0.15) is 5.60 Å². The number of ether oxygens (including phenoxy) is 1. The minimum absolute atomic E-state index is 0.208. The maximum absolute atomic E-state index is 12.6. The molecule has 0 aliphatic heterocycles. The van der Waals surface area contributed by atoms with Crippen molar-refractivity contribution in [2.75, 3.05) is 13.1 Å². The smallest absolute Gasteiger partial charge is 0.410 e. The van der Waals surface area contributed by atoms with E-state index in [2.05, 4.69) is 28.1 Å². The predicted molar refractivity (Wildman–Crippen MR) is 112 cm³/mol. The number of benzene rings is 2. The topological polar surface area (TPSA) is 49.8 Å². The van der Waals surface area contributed by atoms with Gasteiger partial charge in [-0.1, -0.05) is 58.4 Å². The summed E-state index contributed by atoms with van der Waals surface area (Å²) >= 11 is 3.44. The standard InChI is InChI=1S/C22H28BrNO3/c1-22(2,3)27-21(26)24(16-20(25)18-9-5-4-6-10-18)15-7-8-17-11-13-19(23)14-12-17/h4-6,9-14,20,25H,7-8,15-16H2,1-3H3/t20-/m0/s1. The SMILES string of the molecule is CC(C)(C)OC(=O)N(CCCc1ccc(Br)cc1)C[C@H](O)c1ccccc1. The van der Waals surface area contributed by atoms with E-state index in [9.17, 15) is 9.90 Å². The first-order chi connectivity index (χ1) is 12.7. The molecule has 0 aliphatic carbocycles. The molecule has 2 aromatic rings. The number of carbonyl (C=O) groups excluding carboxylic acids is 1. The molecule has 2 aromatic carbocycles. The first kappa shape index (κ1) is 21.5. The molecule has 0 radical (unpaired) electrons. The van der Waals surface area contributed by atoms with Gasteiger partial charge in [0.2, 0.25) is 0 Å². The van der Waals surface area contributed by atoms with E-state index in [0.717, 1.165) is 22.9 Å². The van der Waals surface area contributed by atoms with Crippen molar-refractivity contribution in [3.63, 3.8) is 0 Å². The molecule has 0 spiro atoms. The van der Waals surface area contributed by atoms with Crippen molar-refractivity contribution < 1.29 is 14.6 Å². The number of aliphatic hydroxyl groups is 1. The Morgan fingerprint density at radius 3 is 2.33 bits per heavy atom. The Kier molecular flexibility index (Phi) is 7.87. The number of rotatable bonds is 7. The second-order valence-corrected chi connectivity index (χ2v) is 8.50. The van der Waals surface area contributed by atoms with Crippen LogP contribution in [0.1, 0.15) is 44.4 Å². The molecule has 1 N–H and O–H groups in total. The number of hydrogen-bond donors (Lipinski definition) is 1. The monoisotopic (exact) mass is 433 g/mol. The van der Waals surface area contributed by atoms with Crippen molar-refractivity contribution in [1.29, 1.82) is 0 Å². The summed E-state index contributed by atoms with van der Waals surface area (Å²) in [6, 6.07) is 17.6. The lowest BCUT2D eigenvalue weighted by atomic mass is 10.1. The van der Waals surface area contributed by atoms with Crippen LogP contribution < -0.4 is 0 Å². The van der Waals surface area contributed by atoms with E-state index in [4.69, 9.17) is 4.74 Å². The van der Waals surface area contributed by atoms with Crippen LogP contribution in [0.25, 0.3) is 0 Å². The second-order valence-electron chi connectivity index (χ2n) is 7.58. The number of amides is 1. The Labute approximate surface area is 170 Å². The fourth-order valence-electron chi connectivity index (χ4n) is 2.70. The zero-order chi connectivity index (χ0) is 19.9. The summed E-state index contributed by atoms with van der Waals surface area (Å²) in [7, 11) is 0. The lowest BCUT2D eigenvalue weighted by Crippen LogP contribution is -2.40. The lowest BCUT2D eigenvalue weighted by Gasteiger charge is -2.29. The molecule has 27 heavy (non-hydrogen) atoms. The first-order valence-corrected chi connectivity index (χ1v) is 9.99. The van der Waals surface area contributed by atoms with Gasteiger partial charge in [0.25, 0.3) is 0 Å². The van der Waals surface area contributed by atoms with Crippen molar-refractivity contribution in [2.24, 2.45) is 0 Å². The quantitative estimate of drug-likeness (QED) is 0.639. The zero-order valence-electron chi connectivity index (χ0n) is 16.2. The molecule has 0 aromatic heterocycles. The molecule has 0 bridgehead atoms. The highest BCUT2D eigenvalue weighted by Gasteiger charge is 2.24. The van der Waals surface area contributed by atoms with Crippen molar-refractivity contribution in [2.45, 2.75) is 45.3 Å². The van der Waals surface area contributed by atoms with E-state index in [1.807, 2.05) is 63.2 Å². The first-order valence-electron chi connectivity index (χ1n) is 9.20. The molecule has 1 amide bonds. The van der Waals surface area contributed by atoms with Crippen LogP contribution in [0.4, 0.5) is 4.79 Å². The number of nitrogens with zero attached hydrogens (tertiary/aromatic N) is 1. The molecule has 146 valence electrons. The summed E-state index contributed by atoms with van der Waals surface area (Å²) in [4.78, 5) is 14.2. The van der Waals surface area contributed by atoms with Gasteiger partial charge in [0.05, 0.1) is 12.6 Å². The maximum atomic E-state index is 12.6. The molecule has 4 nitrogen and oxygen atoms in total. The molecular weight excluding hydrogens is 406 g/mol. The van der Waals surface area contributed by atoms with Crippen LogP contribution in [0.2, 0.25) is 0 Å². The number of hydrogen-bond acceptors (Lipinski definition) is 3. The summed E-state index contributed by atoms with van der Waals surface area (Å²) in [5.74, 6) is 0. The van der Waals surface area contributed by atoms with E-state index < -0.39 is 17.8 Å². The van der Waals surface area contributed by atoms with E-state index in [1.165, 1.54) is 5.56 Å². The summed E-state index contributed by atoms with van der Waals surface area (Å²) in [5, 5.41) is 10.5. The van der Waals surface area contributed by atoms with Gasteiger partial charge in [-0.15, -0.1) is 0 Å². The minimum Gasteiger partial charge on any atom is -0.444 e. The Balaban J connectivity index is 2.00. The molecule has 5 heteroatoms. The lowest BCUT2D eigenvalue weighted by molar-refractivity contribution is 0.0142. The third-order valence-electron chi connectivity index (χ3n) is 4.04. The van der Waals surface area contributed by atoms with Gasteiger partial charge >= 0.3 is 6.09 Å². The van der Waals surface area contributed by atoms with E-state index >= 15 is 0 Å². The molecule has 2 rings (SSSR count). The maximum Gasteiger partial charge on any atom is 0.410 e. The van der Waals surface area contributed by atoms with Gasteiger partial charge < -0.3 is 14.7 Å². The Morgan fingerprint density at radius 1 is 1.11 bits per heavy atom. The van der Waals surface area contributed by atoms with Gasteiger partial charge in [-0.2, -0.15) is 0 Å². The number of halogens is 1. The van der Waals surface area contributed by atoms with Crippen LogP contribution in [0.3, 0.4) is 0 Å². The van der Waals surface area contributed by atoms with E-state index in [-0.39, 0.29) is 6.54 Å². The summed E-state index contributed by atoms with van der Waals surface area (Å²) in [6.07, 6.45) is 0.510. The molecule has 0 heterocycles. The van der Waals surface area contributed by atoms with Crippen molar-refractivity contribution in [3.8, 4) is 0 Å². The average molecular weight is 434 g/mol. The van der Waals surface area contributed by atoms with Gasteiger partial charge in [0.15, 0.2) is 0 Å². The van der Waals surface area contributed by atoms with Gasteiger partial charge in [-0.3, -0.25) is 0 Å². The number of carbonyl (C=O) groups is 1. The summed E-state index contributed by atoms with van der Waals surface area (Å²) < 4.78 is 6.57. The predicted octanol–water partition coefficient (Wildman–Crippen LogP) is 5.35. The fourth-order valence-corrected chi connectivity index (χ4v) is 2.96. The zero-order valence-corrected chi connectivity index (χ0v) is 17.8. The molecule has 0 aliphatic rings. The average Bonchev–Trinajstić information content (AvgIpc) is 2.61. The molecular formula is C22H28BrNO3. The highest BCUT2D eigenvalue weighted by Crippen LogP contribution is 2.18. The Bertz CT molecular complexity index is 711. The van der Waals surface area contributed by atoms with Crippen LogP contribution in [0, 0.1) is 0 Å². The fraction of sp³-hybridized carbons (Fsp3) is 0.409. The van der Waals surface area contributed by atoms with Crippen LogP contribution in [-0.4, -0.2) is 34.8 Å². The highest BCUT2D eigenvalue weighted by molar-refractivity contribution is 9.10. The van der Waals surface area contributed by atoms with E-state index in [0.29, 0.717) is 6.54 Å². The third-order valence-corrected chi connectivity index (χ3v) is 4.56. The number of aryl methyl sites for hydroxylation is 1. The van der Waals surface area contributed by atoms with Crippen molar-refractivity contribution in [1.82, 2.24) is 4.90 Å². The molecule has 0 unspecified atom stereocenters. The molecule has 0 fully saturated rings. The largest absolute Gasteiger partial charge is 0.444 e. The second kappa shape index (κ2) is 9.90. The summed E-state index contributed by atoms with van der Waals surface area (Å²) in [6.45, 7) is 6.27. The molecule has 0 saturated carbocycles. The van der Waals surface area contributed by atoms with Crippen LogP contribution in [0.5, 0.6) is 0 Å². The Morgan fingerprint density at radius 2 is 1.74 bits per heavy atom. The minimum atomic E-state index is -0.744. The normalized spacial score (nSPS) is 12.5. The van der Waals surface area contributed by atoms with Crippen LogP contribution in [-0.2, 0) is 11.2 Å². The number of aliphatic hydroxyl groups excluding tert-OH is 1. The van der Waals surface area contributed by atoms with Crippen molar-refractivity contribution >= 4 is 22.0 Å². The highest BCUT2D eigenvalue weighted by atomic mass is 79.9. The third kappa shape index (κ3) is 7.73. The van der Waals surface area contributed by atoms with Gasteiger partial charge in [0, 0.05) is 11.0 Å².